The van der Waals surface area contributed by atoms with E-state index in [1.54, 1.807) is 19.2 Å². The van der Waals surface area contributed by atoms with Crippen LogP contribution in [0.5, 0.6) is 5.75 Å². The molecule has 31 heavy (non-hydrogen) atoms. The number of aromatic nitrogens is 2. The van der Waals surface area contributed by atoms with E-state index in [1.165, 1.54) is 12.1 Å². The number of benzene rings is 1. The van der Waals surface area contributed by atoms with Crippen molar-refractivity contribution in [1.29, 1.82) is 5.26 Å². The van der Waals surface area contributed by atoms with E-state index in [0.717, 1.165) is 11.5 Å². The molecule has 10 heteroatoms. The molecule has 2 aromatic rings. The molecule has 0 aliphatic carbocycles. The van der Waals surface area contributed by atoms with Crippen LogP contribution in [0, 0.1) is 31.1 Å². The summed E-state index contributed by atoms with van der Waals surface area (Å²) in [7, 11) is 3.25. The number of methoxy groups -OCH3 is 1. The predicted molar refractivity (Wildman–Crippen MR) is 115 cm³/mol. The largest absolute Gasteiger partial charge is 0.493 e. The molecule has 1 aromatic heterocycles. The zero-order valence-corrected chi connectivity index (χ0v) is 17.9. The molecular formula is C21H26N8O2. The Kier molecular flexibility index (Phi) is 5.63. The number of piperidine rings is 1. The monoisotopic (exact) mass is 422 g/mol. The number of hydrogen-bond donors (Lipinski definition) is 4. The summed E-state index contributed by atoms with van der Waals surface area (Å²) in [5, 5.41) is 21.2. The fourth-order valence-corrected chi connectivity index (χ4v) is 4.33. The molecule has 4 atom stereocenters. The number of fused-ring (bicyclic) bond motifs is 1. The maximum atomic E-state index is 12.8. The highest BCUT2D eigenvalue weighted by Gasteiger charge is 2.48. The van der Waals surface area contributed by atoms with Crippen LogP contribution in [0.1, 0.15) is 23.5 Å². The number of amides is 1. The highest BCUT2D eigenvalue weighted by Crippen LogP contribution is 2.33. The highest BCUT2D eigenvalue weighted by molar-refractivity contribution is 5.82. The van der Waals surface area contributed by atoms with Gasteiger partial charge in [0.15, 0.2) is 5.75 Å². The molecule has 10 nitrogen and oxygen atoms in total. The van der Waals surface area contributed by atoms with Gasteiger partial charge in [-0.1, -0.05) is 6.07 Å². The fourth-order valence-electron chi connectivity index (χ4n) is 4.33. The molecule has 4 N–H and O–H groups in total. The molecule has 162 valence electrons. The van der Waals surface area contributed by atoms with Crippen LogP contribution in [0.3, 0.4) is 0 Å². The number of carbonyl (C=O) groups is 1. The van der Waals surface area contributed by atoms with Gasteiger partial charge in [-0.2, -0.15) is 5.26 Å². The molecular weight excluding hydrogens is 396 g/mol. The van der Waals surface area contributed by atoms with E-state index in [-0.39, 0.29) is 30.2 Å². The summed E-state index contributed by atoms with van der Waals surface area (Å²) >= 11 is 0. The first kappa shape index (κ1) is 20.8. The molecule has 0 radical (unpaired) electrons. The topological polar surface area (TPSA) is 127 Å². The number of rotatable bonds is 5. The Morgan fingerprint density at radius 2 is 2.10 bits per heavy atom. The van der Waals surface area contributed by atoms with Crippen LogP contribution in [-0.4, -0.2) is 53.4 Å². The summed E-state index contributed by atoms with van der Waals surface area (Å²) in [4.78, 5) is 21.6. The molecule has 4 unspecified atom stereocenters. The molecule has 0 spiro atoms. The normalized spacial score (nSPS) is 25.0. The van der Waals surface area contributed by atoms with Gasteiger partial charge in [0.2, 0.25) is 5.91 Å². The van der Waals surface area contributed by atoms with Crippen LogP contribution in [0.25, 0.3) is 0 Å². The zero-order chi connectivity index (χ0) is 22.1. The minimum atomic E-state index is -0.327. The first-order valence-electron chi connectivity index (χ1n) is 10.1. The van der Waals surface area contributed by atoms with Gasteiger partial charge in [-0.3, -0.25) is 15.1 Å². The van der Waals surface area contributed by atoms with Crippen molar-refractivity contribution >= 4 is 17.4 Å². The second-order valence-electron chi connectivity index (χ2n) is 7.82. The summed E-state index contributed by atoms with van der Waals surface area (Å²) in [6, 6.07) is 9.18. The van der Waals surface area contributed by atoms with Crippen LogP contribution < -0.4 is 26.1 Å². The standard InChI is InChI=1S/C21H26N8O2/c1-11-8-16(24-12(2)23-11)26-17-9-15(18-20(27-17)28-29(3)21(18)30)25-14-7-5-6-13(10-22)19(14)31-4/h5-8,15,17-18,20,25,27-28H,9H2,1-4H3,(H,23,24,26). The van der Waals surface area contributed by atoms with Gasteiger partial charge in [-0.15, -0.1) is 0 Å². The molecule has 2 fully saturated rings. The van der Waals surface area contributed by atoms with Gasteiger partial charge in [-0.05, 0) is 26.0 Å². The third kappa shape index (κ3) is 4.10. The number of carbonyl (C=O) groups excluding carboxylic acids is 1. The van der Waals surface area contributed by atoms with Crippen molar-refractivity contribution in [3.63, 3.8) is 0 Å². The molecule has 3 heterocycles. The van der Waals surface area contributed by atoms with Crippen molar-refractivity contribution in [2.24, 2.45) is 5.92 Å². The smallest absolute Gasteiger partial charge is 0.244 e. The van der Waals surface area contributed by atoms with Crippen molar-refractivity contribution in [2.45, 2.75) is 38.6 Å². The summed E-state index contributed by atoms with van der Waals surface area (Å²) in [5.41, 5.74) is 5.19. The molecule has 2 aliphatic rings. The molecule has 4 rings (SSSR count). The van der Waals surface area contributed by atoms with E-state index in [0.29, 0.717) is 29.2 Å². The maximum Gasteiger partial charge on any atom is 0.244 e. The van der Waals surface area contributed by atoms with Crippen LogP contribution in [0.4, 0.5) is 11.5 Å². The molecule has 2 aliphatic heterocycles. The lowest BCUT2D eigenvalue weighted by atomic mass is 9.88. The number of nitrogens with zero attached hydrogens (tertiary/aromatic N) is 4. The Labute approximate surface area is 181 Å². The molecule has 2 saturated heterocycles. The predicted octanol–water partition coefficient (Wildman–Crippen LogP) is 1.10. The Morgan fingerprint density at radius 3 is 2.81 bits per heavy atom. The summed E-state index contributed by atoms with van der Waals surface area (Å²) in [6.45, 7) is 3.78. The first-order valence-corrected chi connectivity index (χ1v) is 10.1. The summed E-state index contributed by atoms with van der Waals surface area (Å²) < 4.78 is 5.47. The zero-order valence-electron chi connectivity index (χ0n) is 17.9. The third-order valence-electron chi connectivity index (χ3n) is 5.58. The number of anilines is 2. The van der Waals surface area contributed by atoms with Crippen molar-refractivity contribution in [1.82, 2.24) is 25.7 Å². The minimum absolute atomic E-state index is 0.00224. The first-order chi connectivity index (χ1) is 14.9. The quantitative estimate of drug-likeness (QED) is 0.560. The van der Waals surface area contributed by atoms with Gasteiger partial charge in [0.25, 0.3) is 0 Å². The van der Waals surface area contributed by atoms with Gasteiger partial charge < -0.3 is 15.4 Å². The van der Waals surface area contributed by atoms with E-state index in [1.807, 2.05) is 26.0 Å². The molecule has 1 aromatic carbocycles. The van der Waals surface area contributed by atoms with E-state index in [4.69, 9.17) is 4.74 Å². The van der Waals surface area contributed by atoms with Gasteiger partial charge in [-0.25, -0.2) is 15.4 Å². The van der Waals surface area contributed by atoms with Crippen molar-refractivity contribution < 1.29 is 9.53 Å². The van der Waals surface area contributed by atoms with Gasteiger partial charge in [0.05, 0.1) is 36.6 Å². The number of nitriles is 1. The van der Waals surface area contributed by atoms with Crippen molar-refractivity contribution in [2.75, 3.05) is 24.8 Å². The summed E-state index contributed by atoms with van der Waals surface area (Å²) in [6.07, 6.45) is 0.199. The SMILES string of the molecule is COc1c(C#N)cccc1NC1CC(Nc2cc(C)nc(C)n2)NC2NN(C)C(=O)C12. The molecule has 0 saturated carbocycles. The highest BCUT2D eigenvalue weighted by atomic mass is 16.5. The molecule has 1 amide bonds. The average molecular weight is 422 g/mol. The van der Waals surface area contributed by atoms with Crippen LogP contribution >= 0.6 is 0 Å². The van der Waals surface area contributed by atoms with Gasteiger partial charge >= 0.3 is 0 Å². The third-order valence-corrected chi connectivity index (χ3v) is 5.58. The Morgan fingerprint density at radius 1 is 1.29 bits per heavy atom. The van der Waals surface area contributed by atoms with Crippen molar-refractivity contribution in [3.8, 4) is 11.8 Å². The number of para-hydroxylation sites is 1. The summed E-state index contributed by atoms with van der Waals surface area (Å²) in [5.74, 6) is 1.56. The lowest BCUT2D eigenvalue weighted by molar-refractivity contribution is -0.131. The van der Waals surface area contributed by atoms with Crippen molar-refractivity contribution in [3.05, 3.63) is 41.3 Å². The number of aryl methyl sites for hydroxylation is 2. The van der Waals surface area contributed by atoms with Crippen LogP contribution in [0.15, 0.2) is 24.3 Å². The second-order valence-corrected chi connectivity index (χ2v) is 7.82. The second kappa shape index (κ2) is 8.37. The fraction of sp³-hybridized carbons (Fsp3) is 0.429. The van der Waals surface area contributed by atoms with E-state index in [9.17, 15) is 10.1 Å². The number of hydrogen-bond acceptors (Lipinski definition) is 9. The number of nitrogens with one attached hydrogen (secondary N) is 4. The lowest BCUT2D eigenvalue weighted by Gasteiger charge is -2.39. The number of ether oxygens (including phenoxy) is 1. The Hall–Kier alpha value is -3.42. The minimum Gasteiger partial charge on any atom is -0.493 e. The number of hydrazine groups is 1. The van der Waals surface area contributed by atoms with E-state index < -0.39 is 0 Å². The van der Waals surface area contributed by atoms with Gasteiger partial charge in [0, 0.05) is 31.3 Å². The van der Waals surface area contributed by atoms with Gasteiger partial charge in [0.1, 0.15) is 17.7 Å². The Balaban J connectivity index is 1.61. The van der Waals surface area contributed by atoms with E-state index in [2.05, 4.69) is 37.4 Å². The lowest BCUT2D eigenvalue weighted by Crippen LogP contribution is -2.60. The average Bonchev–Trinajstić information content (AvgIpc) is 3.00. The van der Waals surface area contributed by atoms with Crippen LogP contribution in [0.2, 0.25) is 0 Å². The maximum absolute atomic E-state index is 12.8. The van der Waals surface area contributed by atoms with E-state index >= 15 is 0 Å². The molecule has 0 bridgehead atoms. The Bertz CT molecular complexity index is 1020. The van der Waals surface area contributed by atoms with Crippen LogP contribution in [-0.2, 0) is 4.79 Å².